The number of benzene rings is 1. The van der Waals surface area contributed by atoms with Crippen LogP contribution in [0.4, 0.5) is 5.95 Å². The van der Waals surface area contributed by atoms with Crippen molar-refractivity contribution >= 4 is 17.0 Å². The maximum atomic E-state index is 10.1. The monoisotopic (exact) mass is 557 g/mol. The first-order chi connectivity index (χ1) is 19.9. The highest BCUT2D eigenvalue weighted by molar-refractivity contribution is 5.94. The van der Waals surface area contributed by atoms with Gasteiger partial charge in [0.05, 0.1) is 6.10 Å². The molecule has 3 aliphatic carbocycles. The van der Waals surface area contributed by atoms with Gasteiger partial charge >= 0.3 is 0 Å². The minimum Gasteiger partial charge on any atom is -0.393 e. The van der Waals surface area contributed by atoms with Gasteiger partial charge in [0.1, 0.15) is 5.65 Å². The Kier molecular flexibility index (Phi) is 8.69. The van der Waals surface area contributed by atoms with Crippen molar-refractivity contribution in [2.45, 2.75) is 123 Å². The Balaban J connectivity index is 1.18. The van der Waals surface area contributed by atoms with Gasteiger partial charge in [0, 0.05) is 48.5 Å². The van der Waals surface area contributed by atoms with Crippen LogP contribution in [-0.4, -0.2) is 38.3 Å². The summed E-state index contributed by atoms with van der Waals surface area (Å²) < 4.78 is 2.36. The quantitative estimate of drug-likeness (QED) is 0.236. The second-order valence-corrected chi connectivity index (χ2v) is 14.1. The van der Waals surface area contributed by atoms with Gasteiger partial charge in [-0.25, -0.2) is 4.98 Å². The molecule has 0 amide bonds. The van der Waals surface area contributed by atoms with Crippen molar-refractivity contribution in [2.24, 2.45) is 17.3 Å². The first-order valence-electron chi connectivity index (χ1n) is 16.5. The number of rotatable bonds is 10. The Bertz CT molecular complexity index is 1280. The molecular weight excluding hydrogens is 506 g/mol. The molecule has 0 saturated heterocycles. The van der Waals surface area contributed by atoms with Crippen molar-refractivity contribution in [3.63, 3.8) is 0 Å². The molecule has 3 aliphatic rings. The molecule has 6 nitrogen and oxygen atoms in total. The molecule has 222 valence electrons. The average molecular weight is 558 g/mol. The number of fused-ring (bicyclic) bond motifs is 3. The highest BCUT2D eigenvalue weighted by Crippen LogP contribution is 2.48. The number of aromatic nitrogens is 3. The summed E-state index contributed by atoms with van der Waals surface area (Å²) in [4.78, 5) is 9.77. The van der Waals surface area contributed by atoms with Crippen LogP contribution in [0.3, 0.4) is 0 Å². The molecule has 0 radical (unpaired) electrons. The van der Waals surface area contributed by atoms with Crippen molar-refractivity contribution < 1.29 is 5.11 Å². The first-order valence-corrected chi connectivity index (χ1v) is 16.5. The van der Waals surface area contributed by atoms with Crippen LogP contribution in [0.15, 0.2) is 36.7 Å². The summed E-state index contributed by atoms with van der Waals surface area (Å²) in [6.07, 6.45) is 18.6. The molecule has 3 N–H and O–H groups in total. The summed E-state index contributed by atoms with van der Waals surface area (Å²) in [6.45, 7) is 8.96. The predicted octanol–water partition coefficient (Wildman–Crippen LogP) is 7.87. The number of anilines is 1. The number of hydrogen-bond donors (Lipinski definition) is 3. The second kappa shape index (κ2) is 12.4. The van der Waals surface area contributed by atoms with Gasteiger partial charge in [0.25, 0.3) is 0 Å². The SMILES string of the molecule is CCCC(C)Nc1ncc2c(-c3ccc(CNCC4(C)CC5CCCC(C5)C4)cc3)cn(C3CCC(O)CC3)c2n1. The van der Waals surface area contributed by atoms with Gasteiger partial charge in [0.15, 0.2) is 0 Å². The van der Waals surface area contributed by atoms with Gasteiger partial charge in [-0.1, -0.05) is 63.8 Å². The summed E-state index contributed by atoms with van der Waals surface area (Å²) >= 11 is 0. The Labute approximate surface area is 246 Å². The summed E-state index contributed by atoms with van der Waals surface area (Å²) in [7, 11) is 0. The largest absolute Gasteiger partial charge is 0.393 e. The van der Waals surface area contributed by atoms with E-state index in [0.29, 0.717) is 23.4 Å². The standard InChI is InChI=1S/C35H51N5O/c1-4-6-24(2)38-34-37-21-31-32(22-40(33(31)39-34)29-13-15-30(41)16-14-29)28-11-9-25(10-12-28)20-36-23-35(3)18-26-7-5-8-27(17-26)19-35/h9-12,21-22,24,26-27,29-30,36,41H,4-8,13-20,23H2,1-3H3,(H,37,38,39). The average Bonchev–Trinajstić information content (AvgIpc) is 3.32. The van der Waals surface area contributed by atoms with E-state index in [-0.39, 0.29) is 6.10 Å². The zero-order valence-corrected chi connectivity index (χ0v) is 25.5. The van der Waals surface area contributed by atoms with Crippen LogP contribution in [0.2, 0.25) is 0 Å². The zero-order chi connectivity index (χ0) is 28.4. The number of aliphatic hydroxyl groups excluding tert-OH is 1. The summed E-state index contributed by atoms with van der Waals surface area (Å²) in [5, 5.41) is 18.6. The lowest BCUT2D eigenvalue weighted by molar-refractivity contribution is 0.0681. The number of nitrogens with one attached hydrogen (secondary N) is 2. The van der Waals surface area contributed by atoms with E-state index in [1.165, 1.54) is 55.2 Å². The molecule has 41 heavy (non-hydrogen) atoms. The van der Waals surface area contributed by atoms with Crippen molar-refractivity contribution in [1.82, 2.24) is 19.9 Å². The fourth-order valence-electron chi connectivity index (χ4n) is 8.37. The Hall–Kier alpha value is -2.44. The van der Waals surface area contributed by atoms with Gasteiger partial charge < -0.3 is 20.3 Å². The molecule has 6 heteroatoms. The molecule has 6 rings (SSSR count). The summed E-state index contributed by atoms with van der Waals surface area (Å²) in [6, 6.07) is 9.79. The van der Waals surface area contributed by atoms with Crippen molar-refractivity contribution in [3.05, 3.63) is 42.2 Å². The van der Waals surface area contributed by atoms with Crippen molar-refractivity contribution in [3.8, 4) is 11.1 Å². The Morgan fingerprint density at radius 1 is 1.05 bits per heavy atom. The van der Waals surface area contributed by atoms with E-state index < -0.39 is 0 Å². The number of nitrogens with zero attached hydrogens (tertiary/aromatic N) is 3. The fourth-order valence-corrected chi connectivity index (χ4v) is 8.37. The molecule has 3 fully saturated rings. The van der Waals surface area contributed by atoms with Crippen LogP contribution < -0.4 is 10.6 Å². The molecule has 3 atom stereocenters. The minimum absolute atomic E-state index is 0.171. The molecule has 2 aromatic heterocycles. The maximum absolute atomic E-state index is 10.1. The van der Waals surface area contributed by atoms with Crippen LogP contribution in [0.1, 0.15) is 109 Å². The third kappa shape index (κ3) is 6.64. The highest BCUT2D eigenvalue weighted by Gasteiger charge is 2.38. The fraction of sp³-hybridized carbons (Fsp3) is 0.657. The lowest BCUT2D eigenvalue weighted by atomic mass is 9.61. The van der Waals surface area contributed by atoms with E-state index in [0.717, 1.165) is 74.5 Å². The molecular formula is C35H51N5O. The lowest BCUT2D eigenvalue weighted by Crippen LogP contribution is -2.40. The number of aliphatic hydroxyl groups is 1. The molecule has 3 saturated carbocycles. The predicted molar refractivity (Wildman–Crippen MR) is 169 cm³/mol. The van der Waals surface area contributed by atoms with E-state index in [2.05, 4.69) is 66.4 Å². The van der Waals surface area contributed by atoms with E-state index in [9.17, 15) is 5.11 Å². The van der Waals surface area contributed by atoms with Crippen LogP contribution in [-0.2, 0) is 6.54 Å². The van der Waals surface area contributed by atoms with E-state index in [4.69, 9.17) is 9.97 Å². The van der Waals surface area contributed by atoms with Gasteiger partial charge in [-0.15, -0.1) is 0 Å². The minimum atomic E-state index is -0.171. The molecule has 0 aliphatic heterocycles. The zero-order valence-electron chi connectivity index (χ0n) is 25.5. The molecule has 3 unspecified atom stereocenters. The van der Waals surface area contributed by atoms with Gasteiger partial charge in [0.2, 0.25) is 5.95 Å². The lowest BCUT2D eigenvalue weighted by Gasteiger charge is -2.45. The Morgan fingerprint density at radius 2 is 1.78 bits per heavy atom. The van der Waals surface area contributed by atoms with Crippen LogP contribution >= 0.6 is 0 Å². The molecule has 2 heterocycles. The normalized spacial score (nSPS) is 29.0. The Morgan fingerprint density at radius 3 is 2.49 bits per heavy atom. The van der Waals surface area contributed by atoms with E-state index in [1.807, 2.05) is 6.20 Å². The smallest absolute Gasteiger partial charge is 0.224 e. The summed E-state index contributed by atoms with van der Waals surface area (Å²) in [5.41, 5.74) is 5.20. The van der Waals surface area contributed by atoms with Gasteiger partial charge in [-0.05, 0) is 86.7 Å². The van der Waals surface area contributed by atoms with Crippen LogP contribution in [0.5, 0.6) is 0 Å². The second-order valence-electron chi connectivity index (χ2n) is 14.1. The number of hydrogen-bond acceptors (Lipinski definition) is 5. The highest BCUT2D eigenvalue weighted by atomic mass is 16.3. The summed E-state index contributed by atoms with van der Waals surface area (Å²) in [5.74, 6) is 2.63. The molecule has 3 aromatic rings. The third-order valence-electron chi connectivity index (χ3n) is 10.3. The van der Waals surface area contributed by atoms with Gasteiger partial charge in [-0.3, -0.25) is 0 Å². The van der Waals surface area contributed by atoms with Gasteiger partial charge in [-0.2, -0.15) is 4.98 Å². The van der Waals surface area contributed by atoms with Crippen molar-refractivity contribution in [1.29, 1.82) is 0 Å². The topological polar surface area (TPSA) is 75.0 Å². The van der Waals surface area contributed by atoms with Crippen molar-refractivity contribution in [2.75, 3.05) is 11.9 Å². The molecule has 0 spiro atoms. The third-order valence-corrected chi connectivity index (χ3v) is 10.3. The molecule has 2 bridgehead atoms. The maximum Gasteiger partial charge on any atom is 0.224 e. The van der Waals surface area contributed by atoms with Crippen LogP contribution in [0.25, 0.3) is 22.2 Å². The van der Waals surface area contributed by atoms with E-state index >= 15 is 0 Å². The first kappa shape index (κ1) is 28.7. The molecule has 1 aromatic carbocycles. The van der Waals surface area contributed by atoms with Crippen LogP contribution in [0, 0.1) is 17.3 Å². The van der Waals surface area contributed by atoms with E-state index in [1.54, 1.807) is 0 Å².